The third kappa shape index (κ3) is 4.69. The Bertz CT molecular complexity index is 1010. The molecule has 8 heteroatoms. The summed E-state index contributed by atoms with van der Waals surface area (Å²) in [6.45, 7) is 0.635. The highest BCUT2D eigenvalue weighted by molar-refractivity contribution is 7.98. The second kappa shape index (κ2) is 9.66. The maximum Gasteiger partial charge on any atom is 0.286 e. The molecule has 1 amide bonds. The van der Waals surface area contributed by atoms with Crippen LogP contribution in [0.15, 0.2) is 47.5 Å². The zero-order chi connectivity index (χ0) is 19.9. The van der Waals surface area contributed by atoms with Crippen LogP contribution >= 0.6 is 23.1 Å². The lowest BCUT2D eigenvalue weighted by Crippen LogP contribution is -2.20. The Balaban J connectivity index is 1.95. The summed E-state index contributed by atoms with van der Waals surface area (Å²) in [6, 6.07) is 13.1. The third-order valence-electron chi connectivity index (χ3n) is 4.03. The fourth-order valence-corrected chi connectivity index (χ4v) is 4.13. The van der Waals surface area contributed by atoms with Crippen molar-refractivity contribution in [3.05, 3.63) is 47.3 Å². The number of thiazole rings is 1. The van der Waals surface area contributed by atoms with Crippen molar-refractivity contribution >= 4 is 39.2 Å². The van der Waals surface area contributed by atoms with Crippen LogP contribution in [0.3, 0.4) is 0 Å². The van der Waals surface area contributed by atoms with E-state index in [0.29, 0.717) is 22.0 Å². The van der Waals surface area contributed by atoms with Crippen LogP contribution in [0.4, 0.5) is 0 Å². The number of carbonyl (C=O) groups is 1. The first-order chi connectivity index (χ1) is 13.7. The van der Waals surface area contributed by atoms with Crippen LogP contribution in [0.1, 0.15) is 0 Å². The third-order valence-corrected chi connectivity index (χ3v) is 5.66. The molecule has 0 aliphatic heterocycles. The smallest absolute Gasteiger partial charge is 0.286 e. The van der Waals surface area contributed by atoms with Gasteiger partial charge in [0.15, 0.2) is 22.9 Å². The maximum absolute atomic E-state index is 12.4. The predicted molar refractivity (Wildman–Crippen MR) is 114 cm³/mol. The van der Waals surface area contributed by atoms with Crippen LogP contribution in [0.25, 0.3) is 10.2 Å². The molecule has 1 heterocycles. The minimum absolute atomic E-state index is 0.104. The average Bonchev–Trinajstić information content (AvgIpc) is 3.05. The Labute approximate surface area is 171 Å². The number of nitrogens with zero attached hydrogens (tertiary/aromatic N) is 2. The summed E-state index contributed by atoms with van der Waals surface area (Å²) in [5.41, 5.74) is 0.965. The predicted octanol–water partition coefficient (Wildman–Crippen LogP) is 3.59. The quantitative estimate of drug-likeness (QED) is 0.559. The van der Waals surface area contributed by atoms with Gasteiger partial charge in [-0.25, -0.2) is 0 Å². The Hall–Kier alpha value is -2.45. The highest BCUT2D eigenvalue weighted by atomic mass is 32.2. The van der Waals surface area contributed by atoms with E-state index in [2.05, 4.69) is 4.99 Å². The van der Waals surface area contributed by atoms with Crippen molar-refractivity contribution in [1.82, 2.24) is 4.57 Å². The number of hydrogen-bond acceptors (Lipinski definition) is 6. The van der Waals surface area contributed by atoms with Crippen LogP contribution in [0.5, 0.6) is 17.2 Å². The second-order valence-electron chi connectivity index (χ2n) is 5.81. The molecule has 1 aromatic heterocycles. The standard InChI is InChI=1S/C20H22N2O4S2/c1-24-16-11-15-18(12-17(16)25-2)28-20(22(15)9-10-27-3)21-19(23)13-26-14-7-5-4-6-8-14/h4-8,11-12H,9-10,13H2,1-3H3. The highest BCUT2D eigenvalue weighted by Crippen LogP contribution is 2.33. The molecule has 0 saturated carbocycles. The number of thioether (sulfide) groups is 1. The van der Waals surface area contributed by atoms with Gasteiger partial charge in [0.1, 0.15) is 5.75 Å². The summed E-state index contributed by atoms with van der Waals surface area (Å²) < 4.78 is 19.4. The number of benzene rings is 2. The molecule has 0 saturated heterocycles. The van der Waals surface area contributed by atoms with E-state index in [9.17, 15) is 4.79 Å². The molecule has 6 nitrogen and oxygen atoms in total. The fourth-order valence-electron chi connectivity index (χ4n) is 2.68. The fraction of sp³-hybridized carbons (Fsp3) is 0.300. The van der Waals surface area contributed by atoms with Gasteiger partial charge >= 0.3 is 0 Å². The van der Waals surface area contributed by atoms with Gasteiger partial charge in [-0.2, -0.15) is 16.8 Å². The van der Waals surface area contributed by atoms with Gasteiger partial charge in [0.25, 0.3) is 5.91 Å². The summed E-state index contributed by atoms with van der Waals surface area (Å²) in [5, 5.41) is 0. The summed E-state index contributed by atoms with van der Waals surface area (Å²) in [7, 11) is 3.22. The average molecular weight is 419 g/mol. The first-order valence-corrected chi connectivity index (χ1v) is 10.9. The first kappa shape index (κ1) is 20.3. The van der Waals surface area contributed by atoms with Crippen molar-refractivity contribution in [2.75, 3.05) is 32.8 Å². The maximum atomic E-state index is 12.4. The largest absolute Gasteiger partial charge is 0.493 e. The van der Waals surface area contributed by atoms with E-state index in [4.69, 9.17) is 14.2 Å². The molecule has 0 bridgehead atoms. The number of hydrogen-bond donors (Lipinski definition) is 0. The molecule has 0 atom stereocenters. The van der Waals surface area contributed by atoms with Gasteiger partial charge in [-0.1, -0.05) is 29.5 Å². The van der Waals surface area contributed by atoms with Gasteiger partial charge in [0.2, 0.25) is 0 Å². The van der Waals surface area contributed by atoms with Crippen molar-refractivity contribution in [2.45, 2.75) is 6.54 Å². The number of para-hydroxylation sites is 1. The Morgan fingerprint density at radius 1 is 1.14 bits per heavy atom. The number of fused-ring (bicyclic) bond motifs is 1. The summed E-state index contributed by atoms with van der Waals surface area (Å²) >= 11 is 3.19. The number of amides is 1. The summed E-state index contributed by atoms with van der Waals surface area (Å²) in [5.74, 6) is 2.52. The Morgan fingerprint density at radius 2 is 1.86 bits per heavy atom. The van der Waals surface area contributed by atoms with E-state index in [0.717, 1.165) is 22.5 Å². The van der Waals surface area contributed by atoms with Crippen LogP contribution in [0.2, 0.25) is 0 Å². The van der Waals surface area contributed by atoms with Crippen LogP contribution in [-0.2, 0) is 11.3 Å². The molecule has 0 unspecified atom stereocenters. The number of carbonyl (C=O) groups excluding carboxylic acids is 1. The lowest BCUT2D eigenvalue weighted by molar-refractivity contribution is -0.120. The number of methoxy groups -OCH3 is 2. The Kier molecular flexibility index (Phi) is 7.00. The molecule has 3 aromatic rings. The summed E-state index contributed by atoms with van der Waals surface area (Å²) in [4.78, 5) is 17.3. The summed E-state index contributed by atoms with van der Waals surface area (Å²) in [6.07, 6.45) is 2.05. The van der Waals surface area contributed by atoms with Crippen molar-refractivity contribution < 1.29 is 19.0 Å². The highest BCUT2D eigenvalue weighted by Gasteiger charge is 2.13. The number of ether oxygens (including phenoxy) is 3. The lowest BCUT2D eigenvalue weighted by Gasteiger charge is -2.09. The zero-order valence-electron chi connectivity index (χ0n) is 16.0. The van der Waals surface area contributed by atoms with E-state index in [1.807, 2.05) is 53.3 Å². The molecule has 3 rings (SSSR count). The van der Waals surface area contributed by atoms with E-state index >= 15 is 0 Å². The monoisotopic (exact) mass is 418 g/mol. The minimum Gasteiger partial charge on any atom is -0.493 e. The minimum atomic E-state index is -0.327. The number of aryl methyl sites for hydroxylation is 1. The van der Waals surface area contributed by atoms with E-state index < -0.39 is 0 Å². The van der Waals surface area contributed by atoms with Crippen LogP contribution < -0.4 is 19.0 Å². The molecule has 0 N–H and O–H groups in total. The van der Waals surface area contributed by atoms with Crippen LogP contribution in [-0.4, -0.2) is 43.3 Å². The van der Waals surface area contributed by atoms with Gasteiger partial charge in [0, 0.05) is 24.4 Å². The molecule has 2 aromatic carbocycles. The number of aromatic nitrogens is 1. The normalized spacial score (nSPS) is 11.6. The molecular weight excluding hydrogens is 396 g/mol. The molecular formula is C20H22N2O4S2. The molecule has 28 heavy (non-hydrogen) atoms. The zero-order valence-corrected chi connectivity index (χ0v) is 17.6. The van der Waals surface area contributed by atoms with Crippen molar-refractivity contribution in [3.8, 4) is 17.2 Å². The molecule has 0 aliphatic carbocycles. The molecule has 0 aliphatic rings. The number of rotatable bonds is 8. The van der Waals surface area contributed by atoms with Gasteiger partial charge in [-0.3, -0.25) is 4.79 Å². The van der Waals surface area contributed by atoms with Gasteiger partial charge in [-0.15, -0.1) is 0 Å². The lowest BCUT2D eigenvalue weighted by atomic mass is 10.3. The van der Waals surface area contributed by atoms with Crippen molar-refractivity contribution in [1.29, 1.82) is 0 Å². The SMILES string of the molecule is COc1cc2sc(=NC(=O)COc3ccccc3)n(CCSC)c2cc1OC. The molecule has 148 valence electrons. The van der Waals surface area contributed by atoms with Gasteiger partial charge in [0.05, 0.1) is 24.4 Å². The Morgan fingerprint density at radius 3 is 2.54 bits per heavy atom. The first-order valence-electron chi connectivity index (χ1n) is 8.66. The van der Waals surface area contributed by atoms with Crippen LogP contribution in [0, 0.1) is 0 Å². The van der Waals surface area contributed by atoms with Crippen molar-refractivity contribution in [2.24, 2.45) is 4.99 Å². The van der Waals surface area contributed by atoms with Gasteiger partial charge in [-0.05, 0) is 18.4 Å². The van der Waals surface area contributed by atoms with Crippen molar-refractivity contribution in [3.63, 3.8) is 0 Å². The van der Waals surface area contributed by atoms with E-state index in [1.165, 1.54) is 11.3 Å². The molecule has 0 spiro atoms. The molecule has 0 fully saturated rings. The molecule has 0 radical (unpaired) electrons. The second-order valence-corrected chi connectivity index (χ2v) is 7.81. The van der Waals surface area contributed by atoms with Gasteiger partial charge < -0.3 is 18.8 Å². The van der Waals surface area contributed by atoms with E-state index in [-0.39, 0.29) is 12.5 Å². The topological polar surface area (TPSA) is 62.0 Å². The van der Waals surface area contributed by atoms with E-state index in [1.54, 1.807) is 26.0 Å².